The van der Waals surface area contributed by atoms with Gasteiger partial charge < -0.3 is 14.2 Å². The fraction of sp³-hybridized carbons (Fsp3) is 0.375. The number of hydrogen-bond donors (Lipinski definition) is 0. The van der Waals surface area contributed by atoms with Crippen molar-refractivity contribution in [1.82, 2.24) is 15.0 Å². The molecule has 0 unspecified atom stereocenters. The molecule has 1 saturated heterocycles. The van der Waals surface area contributed by atoms with E-state index in [2.05, 4.69) is 10.1 Å². The summed E-state index contributed by atoms with van der Waals surface area (Å²) in [6, 6.07) is 13.9. The Bertz CT molecular complexity index is 1010. The van der Waals surface area contributed by atoms with Gasteiger partial charge in [0.1, 0.15) is 11.6 Å². The lowest BCUT2D eigenvalue weighted by atomic mass is 9.93. The third kappa shape index (κ3) is 5.48. The second kappa shape index (κ2) is 9.73. The third-order valence-electron chi connectivity index (χ3n) is 5.76. The molecule has 2 aromatic carbocycles. The van der Waals surface area contributed by atoms with E-state index in [0.29, 0.717) is 36.9 Å². The fourth-order valence-corrected chi connectivity index (χ4v) is 3.92. The largest absolute Gasteiger partial charge is 0.497 e. The van der Waals surface area contributed by atoms with Crippen LogP contribution in [-0.2, 0) is 17.6 Å². The molecule has 2 heterocycles. The van der Waals surface area contributed by atoms with Crippen LogP contribution in [0.15, 0.2) is 53.1 Å². The van der Waals surface area contributed by atoms with E-state index in [1.807, 2.05) is 29.2 Å². The first-order chi connectivity index (χ1) is 15.1. The first-order valence-corrected chi connectivity index (χ1v) is 10.6. The van der Waals surface area contributed by atoms with Crippen molar-refractivity contribution in [3.05, 3.63) is 65.8 Å². The van der Waals surface area contributed by atoms with Crippen molar-refractivity contribution in [2.75, 3.05) is 20.2 Å². The van der Waals surface area contributed by atoms with Gasteiger partial charge in [-0.3, -0.25) is 4.79 Å². The highest BCUT2D eigenvalue weighted by atomic mass is 19.1. The van der Waals surface area contributed by atoms with Gasteiger partial charge in [-0.05, 0) is 67.1 Å². The Balaban J connectivity index is 1.24. The summed E-state index contributed by atoms with van der Waals surface area (Å²) in [5.41, 5.74) is 1.84. The summed E-state index contributed by atoms with van der Waals surface area (Å²) in [4.78, 5) is 19.0. The molecular weight excluding hydrogens is 397 g/mol. The Morgan fingerprint density at radius 3 is 2.71 bits per heavy atom. The van der Waals surface area contributed by atoms with Crippen LogP contribution in [0, 0.1) is 11.7 Å². The Kier molecular flexibility index (Phi) is 6.60. The van der Waals surface area contributed by atoms with Gasteiger partial charge in [0.2, 0.25) is 17.6 Å². The van der Waals surface area contributed by atoms with Crippen LogP contribution in [-0.4, -0.2) is 41.1 Å². The molecule has 1 aliphatic heterocycles. The van der Waals surface area contributed by atoms with E-state index < -0.39 is 0 Å². The number of benzene rings is 2. The quantitative estimate of drug-likeness (QED) is 0.567. The molecule has 0 bridgehead atoms. The zero-order valence-electron chi connectivity index (χ0n) is 17.6. The maximum atomic E-state index is 13.1. The molecule has 0 atom stereocenters. The summed E-state index contributed by atoms with van der Waals surface area (Å²) in [7, 11) is 1.65. The van der Waals surface area contributed by atoms with Crippen LogP contribution in [0.25, 0.3) is 11.4 Å². The van der Waals surface area contributed by atoms with Gasteiger partial charge in [0.25, 0.3) is 0 Å². The van der Waals surface area contributed by atoms with Crippen molar-refractivity contribution in [2.45, 2.75) is 32.1 Å². The predicted molar refractivity (Wildman–Crippen MR) is 114 cm³/mol. The van der Waals surface area contributed by atoms with Gasteiger partial charge in [0.15, 0.2) is 0 Å². The van der Waals surface area contributed by atoms with Gasteiger partial charge in [-0.1, -0.05) is 17.3 Å². The summed E-state index contributed by atoms with van der Waals surface area (Å²) in [5.74, 6) is 2.18. The summed E-state index contributed by atoms with van der Waals surface area (Å²) in [6.45, 7) is 1.50. The molecule has 1 amide bonds. The molecule has 1 aromatic heterocycles. The van der Waals surface area contributed by atoms with E-state index in [-0.39, 0.29) is 11.7 Å². The maximum absolute atomic E-state index is 13.1. The first-order valence-electron chi connectivity index (χ1n) is 10.6. The number of carbonyl (C=O) groups excluding carboxylic acids is 1. The van der Waals surface area contributed by atoms with Crippen molar-refractivity contribution in [2.24, 2.45) is 5.92 Å². The van der Waals surface area contributed by atoms with Crippen LogP contribution in [0.2, 0.25) is 0 Å². The summed E-state index contributed by atoms with van der Waals surface area (Å²) in [6.07, 6.45) is 3.74. The van der Waals surface area contributed by atoms with Crippen LogP contribution in [0.1, 0.15) is 30.7 Å². The minimum absolute atomic E-state index is 0.192. The van der Waals surface area contributed by atoms with E-state index in [1.165, 1.54) is 12.1 Å². The number of ether oxygens (including phenoxy) is 1. The van der Waals surface area contributed by atoms with E-state index in [4.69, 9.17) is 9.26 Å². The molecule has 1 aliphatic rings. The number of halogens is 1. The SMILES string of the molecule is COc1cccc(CCC(=O)N2CCC(Cc3nc(-c4ccc(F)cc4)no3)CC2)c1. The van der Waals surface area contributed by atoms with Crippen molar-refractivity contribution in [3.8, 4) is 17.1 Å². The molecule has 1 fully saturated rings. The summed E-state index contributed by atoms with van der Waals surface area (Å²) in [5, 5.41) is 4.01. The van der Waals surface area contributed by atoms with Crippen LogP contribution in [0.4, 0.5) is 4.39 Å². The molecule has 0 saturated carbocycles. The van der Waals surface area contributed by atoms with Crippen LogP contribution in [0.5, 0.6) is 5.75 Å². The number of nitrogens with zero attached hydrogens (tertiary/aromatic N) is 3. The van der Waals surface area contributed by atoms with Gasteiger partial charge >= 0.3 is 0 Å². The van der Waals surface area contributed by atoms with E-state index in [1.54, 1.807) is 19.2 Å². The Hall–Kier alpha value is -3.22. The van der Waals surface area contributed by atoms with Crippen molar-refractivity contribution in [3.63, 3.8) is 0 Å². The van der Waals surface area contributed by atoms with E-state index >= 15 is 0 Å². The van der Waals surface area contributed by atoms with E-state index in [9.17, 15) is 9.18 Å². The average molecular weight is 423 g/mol. The lowest BCUT2D eigenvalue weighted by Gasteiger charge is -2.31. The smallest absolute Gasteiger partial charge is 0.227 e. The molecule has 6 nitrogen and oxygen atoms in total. The Morgan fingerprint density at radius 2 is 1.97 bits per heavy atom. The molecule has 31 heavy (non-hydrogen) atoms. The average Bonchev–Trinajstić information content (AvgIpc) is 3.27. The van der Waals surface area contributed by atoms with Crippen molar-refractivity contribution in [1.29, 1.82) is 0 Å². The predicted octanol–water partition coefficient (Wildman–Crippen LogP) is 4.30. The monoisotopic (exact) mass is 423 g/mol. The molecule has 0 aliphatic carbocycles. The fourth-order valence-electron chi connectivity index (χ4n) is 3.92. The molecule has 0 radical (unpaired) electrons. The number of methoxy groups -OCH3 is 1. The topological polar surface area (TPSA) is 68.5 Å². The van der Waals surface area contributed by atoms with Crippen LogP contribution in [0.3, 0.4) is 0 Å². The Labute approximate surface area is 181 Å². The molecule has 162 valence electrons. The summed E-state index contributed by atoms with van der Waals surface area (Å²) < 4.78 is 23.7. The van der Waals surface area contributed by atoms with Crippen LogP contribution >= 0.6 is 0 Å². The molecular formula is C24H26FN3O3. The number of aromatic nitrogens is 2. The van der Waals surface area contributed by atoms with Gasteiger partial charge in [-0.25, -0.2) is 4.39 Å². The first kappa shape index (κ1) is 21.0. The standard InChI is InChI=1S/C24H26FN3O3/c1-30-21-4-2-3-17(15-21)5-10-23(29)28-13-11-18(12-14-28)16-22-26-24(27-31-22)19-6-8-20(25)9-7-19/h2-4,6-9,15,18H,5,10-14,16H2,1H3. The lowest BCUT2D eigenvalue weighted by Crippen LogP contribution is -2.39. The molecule has 7 heteroatoms. The minimum Gasteiger partial charge on any atom is -0.497 e. The number of aryl methyl sites for hydroxylation is 1. The maximum Gasteiger partial charge on any atom is 0.227 e. The number of likely N-dealkylation sites (tertiary alicyclic amines) is 1. The molecule has 0 spiro atoms. The zero-order valence-corrected chi connectivity index (χ0v) is 17.6. The highest BCUT2D eigenvalue weighted by Crippen LogP contribution is 2.24. The number of hydrogen-bond acceptors (Lipinski definition) is 5. The van der Waals surface area contributed by atoms with Gasteiger partial charge in [-0.2, -0.15) is 4.98 Å². The van der Waals surface area contributed by atoms with Gasteiger partial charge in [-0.15, -0.1) is 0 Å². The van der Waals surface area contributed by atoms with Gasteiger partial charge in [0.05, 0.1) is 7.11 Å². The number of rotatable bonds is 7. The highest BCUT2D eigenvalue weighted by molar-refractivity contribution is 5.76. The second-order valence-electron chi connectivity index (χ2n) is 7.90. The molecule has 4 rings (SSSR count). The second-order valence-corrected chi connectivity index (χ2v) is 7.90. The zero-order chi connectivity index (χ0) is 21.6. The van der Waals surface area contributed by atoms with Crippen molar-refractivity contribution >= 4 is 5.91 Å². The summed E-state index contributed by atoms with van der Waals surface area (Å²) >= 11 is 0. The van der Waals surface area contributed by atoms with Crippen molar-refractivity contribution < 1.29 is 18.4 Å². The normalized spacial score (nSPS) is 14.6. The van der Waals surface area contributed by atoms with Crippen LogP contribution < -0.4 is 4.74 Å². The number of amides is 1. The highest BCUT2D eigenvalue weighted by Gasteiger charge is 2.24. The van der Waals surface area contributed by atoms with E-state index in [0.717, 1.165) is 42.8 Å². The third-order valence-corrected chi connectivity index (χ3v) is 5.76. The number of piperidine rings is 1. The Morgan fingerprint density at radius 1 is 1.19 bits per heavy atom. The lowest BCUT2D eigenvalue weighted by molar-refractivity contribution is -0.132. The molecule has 0 N–H and O–H groups in total. The minimum atomic E-state index is -0.294. The number of carbonyl (C=O) groups is 1. The van der Waals surface area contributed by atoms with Gasteiger partial charge in [0, 0.05) is 31.5 Å². The molecule has 3 aromatic rings.